The third kappa shape index (κ3) is 3.87. The molecule has 1 atom stereocenters. The average Bonchev–Trinajstić information content (AvgIpc) is 3.01. The number of carbonyl (C=O) groups is 1. The van der Waals surface area contributed by atoms with Crippen molar-refractivity contribution in [2.24, 2.45) is 5.73 Å². The standard InChI is InChI=1S/C23H27N3O3S/c1-2-30(28,29)26-11-6-9-17(10-12-26)21-15-25-22-19(21)13-18(14-20(22)23(24)27)16-7-4-3-5-8-16/h3-5,7-8,13-15,17,25H,2,6,9-12H2,1H3,(H2,24,27). The van der Waals surface area contributed by atoms with Crippen molar-refractivity contribution in [2.75, 3.05) is 18.8 Å². The number of sulfonamides is 1. The molecule has 6 nitrogen and oxygen atoms in total. The van der Waals surface area contributed by atoms with Gasteiger partial charge in [-0.05, 0) is 60.9 Å². The van der Waals surface area contributed by atoms with Crippen molar-refractivity contribution in [1.29, 1.82) is 0 Å². The fraction of sp³-hybridized carbons (Fsp3) is 0.348. The number of amides is 1. The number of H-pyrrole nitrogens is 1. The van der Waals surface area contributed by atoms with Crippen LogP contribution >= 0.6 is 0 Å². The highest BCUT2D eigenvalue weighted by molar-refractivity contribution is 7.89. The Hall–Kier alpha value is -2.64. The molecule has 158 valence electrons. The molecule has 3 aromatic rings. The van der Waals surface area contributed by atoms with Crippen LogP contribution < -0.4 is 5.73 Å². The van der Waals surface area contributed by atoms with Crippen molar-refractivity contribution in [3.05, 3.63) is 59.8 Å². The van der Waals surface area contributed by atoms with Crippen molar-refractivity contribution >= 4 is 26.8 Å². The molecular formula is C23H27N3O3S. The van der Waals surface area contributed by atoms with Crippen molar-refractivity contribution in [1.82, 2.24) is 9.29 Å². The second kappa shape index (κ2) is 8.24. The molecule has 1 saturated heterocycles. The van der Waals surface area contributed by atoms with E-state index in [0.717, 1.165) is 46.9 Å². The molecule has 0 aliphatic carbocycles. The third-order valence-corrected chi connectivity index (χ3v) is 7.96. The quantitative estimate of drug-likeness (QED) is 0.650. The summed E-state index contributed by atoms with van der Waals surface area (Å²) in [4.78, 5) is 15.4. The van der Waals surface area contributed by atoms with Gasteiger partial charge in [0.2, 0.25) is 10.0 Å². The largest absolute Gasteiger partial charge is 0.366 e. The summed E-state index contributed by atoms with van der Waals surface area (Å²) >= 11 is 0. The highest BCUT2D eigenvalue weighted by atomic mass is 32.2. The minimum atomic E-state index is -3.18. The summed E-state index contributed by atoms with van der Waals surface area (Å²) in [5.41, 5.74) is 10.0. The van der Waals surface area contributed by atoms with Crippen LogP contribution in [0.5, 0.6) is 0 Å². The number of nitrogens with two attached hydrogens (primary N) is 1. The van der Waals surface area contributed by atoms with E-state index >= 15 is 0 Å². The molecule has 1 amide bonds. The van der Waals surface area contributed by atoms with Gasteiger partial charge in [0.05, 0.1) is 16.8 Å². The highest BCUT2D eigenvalue weighted by Crippen LogP contribution is 2.37. The molecule has 0 saturated carbocycles. The number of hydrogen-bond donors (Lipinski definition) is 2. The lowest BCUT2D eigenvalue weighted by Gasteiger charge is -2.19. The topological polar surface area (TPSA) is 96.3 Å². The first-order valence-corrected chi connectivity index (χ1v) is 12.0. The van der Waals surface area contributed by atoms with Gasteiger partial charge < -0.3 is 10.7 Å². The monoisotopic (exact) mass is 425 g/mol. The van der Waals surface area contributed by atoms with Crippen LogP contribution in [0.4, 0.5) is 0 Å². The Bertz CT molecular complexity index is 1170. The molecule has 1 aliphatic rings. The number of nitrogens with one attached hydrogen (secondary N) is 1. The Kier molecular flexibility index (Phi) is 5.66. The molecule has 3 N–H and O–H groups in total. The molecule has 1 aromatic heterocycles. The van der Waals surface area contributed by atoms with Crippen molar-refractivity contribution in [3.8, 4) is 11.1 Å². The number of primary amides is 1. The maximum Gasteiger partial charge on any atom is 0.250 e. The van der Waals surface area contributed by atoms with Crippen LogP contribution in [0.25, 0.3) is 22.0 Å². The number of hydrogen-bond acceptors (Lipinski definition) is 3. The second-order valence-corrected chi connectivity index (χ2v) is 10.1. The van der Waals surface area contributed by atoms with Crippen LogP contribution in [0.15, 0.2) is 48.7 Å². The van der Waals surface area contributed by atoms with Crippen molar-refractivity contribution < 1.29 is 13.2 Å². The second-order valence-electron chi connectivity index (χ2n) is 7.85. The Labute approximate surface area is 177 Å². The summed E-state index contributed by atoms with van der Waals surface area (Å²) in [6.45, 7) is 2.78. The van der Waals surface area contributed by atoms with Crippen LogP contribution in [0, 0.1) is 0 Å². The molecule has 0 bridgehead atoms. The molecule has 7 heteroatoms. The highest BCUT2D eigenvalue weighted by Gasteiger charge is 2.27. The van der Waals surface area contributed by atoms with Crippen LogP contribution in [0.2, 0.25) is 0 Å². The van der Waals surface area contributed by atoms with Gasteiger partial charge in [0.25, 0.3) is 5.91 Å². The maximum absolute atomic E-state index is 12.3. The van der Waals surface area contributed by atoms with E-state index in [-0.39, 0.29) is 11.7 Å². The van der Waals surface area contributed by atoms with E-state index in [1.54, 1.807) is 11.2 Å². The predicted octanol–water partition coefficient (Wildman–Crippen LogP) is 3.85. The third-order valence-electron chi connectivity index (χ3n) is 6.08. The van der Waals surface area contributed by atoms with Crippen LogP contribution in [0.1, 0.15) is 48.0 Å². The van der Waals surface area contributed by atoms with E-state index in [4.69, 9.17) is 5.73 Å². The molecular weight excluding hydrogens is 398 g/mol. The van der Waals surface area contributed by atoms with E-state index in [0.29, 0.717) is 18.7 Å². The number of aromatic amines is 1. The summed E-state index contributed by atoms with van der Waals surface area (Å²) in [5, 5.41) is 0.988. The van der Waals surface area contributed by atoms with E-state index in [9.17, 15) is 13.2 Å². The molecule has 0 radical (unpaired) electrons. The van der Waals surface area contributed by atoms with Crippen molar-refractivity contribution in [3.63, 3.8) is 0 Å². The SMILES string of the molecule is CCS(=O)(=O)N1CCCC(c2c[nH]c3c(C(N)=O)cc(-c4ccccc4)cc23)CC1. The van der Waals surface area contributed by atoms with Gasteiger partial charge in [-0.2, -0.15) is 0 Å². The zero-order chi connectivity index (χ0) is 21.3. The minimum absolute atomic E-state index is 0.132. The fourth-order valence-corrected chi connectivity index (χ4v) is 5.58. The van der Waals surface area contributed by atoms with E-state index in [1.165, 1.54) is 0 Å². The van der Waals surface area contributed by atoms with Gasteiger partial charge in [0, 0.05) is 24.7 Å². The Morgan fingerprint density at radius 2 is 1.90 bits per heavy atom. The number of carbonyl (C=O) groups excluding carboxylic acids is 1. The molecule has 2 heterocycles. The summed E-state index contributed by atoms with van der Waals surface area (Å²) in [5.74, 6) is -0.109. The van der Waals surface area contributed by atoms with Gasteiger partial charge in [0.15, 0.2) is 0 Å². The van der Waals surface area contributed by atoms with Gasteiger partial charge in [-0.25, -0.2) is 12.7 Å². The smallest absolute Gasteiger partial charge is 0.250 e. The lowest BCUT2D eigenvalue weighted by atomic mass is 9.90. The number of benzene rings is 2. The van der Waals surface area contributed by atoms with Crippen LogP contribution in [-0.2, 0) is 10.0 Å². The van der Waals surface area contributed by atoms with Crippen molar-refractivity contribution in [2.45, 2.75) is 32.1 Å². The molecule has 30 heavy (non-hydrogen) atoms. The van der Waals surface area contributed by atoms with Gasteiger partial charge >= 0.3 is 0 Å². The Balaban J connectivity index is 1.75. The maximum atomic E-state index is 12.3. The molecule has 1 unspecified atom stereocenters. The Morgan fingerprint density at radius 1 is 1.13 bits per heavy atom. The van der Waals surface area contributed by atoms with Gasteiger partial charge in [0.1, 0.15) is 0 Å². The minimum Gasteiger partial charge on any atom is -0.366 e. The Morgan fingerprint density at radius 3 is 2.60 bits per heavy atom. The van der Waals surface area contributed by atoms with Crippen LogP contribution in [-0.4, -0.2) is 42.5 Å². The number of aromatic nitrogens is 1. The molecule has 2 aromatic carbocycles. The average molecular weight is 426 g/mol. The first-order chi connectivity index (χ1) is 14.4. The summed E-state index contributed by atoms with van der Waals surface area (Å²) in [6, 6.07) is 13.9. The number of fused-ring (bicyclic) bond motifs is 1. The first-order valence-electron chi connectivity index (χ1n) is 10.4. The number of rotatable bonds is 5. The fourth-order valence-electron chi connectivity index (χ4n) is 4.42. The van der Waals surface area contributed by atoms with Gasteiger partial charge in [-0.1, -0.05) is 30.3 Å². The zero-order valence-corrected chi connectivity index (χ0v) is 17.9. The summed E-state index contributed by atoms with van der Waals surface area (Å²) in [7, 11) is -3.18. The van der Waals surface area contributed by atoms with E-state index in [1.807, 2.05) is 42.6 Å². The van der Waals surface area contributed by atoms with E-state index < -0.39 is 15.9 Å². The van der Waals surface area contributed by atoms with Gasteiger partial charge in [-0.15, -0.1) is 0 Å². The predicted molar refractivity (Wildman–Crippen MR) is 120 cm³/mol. The first kappa shape index (κ1) is 20.6. The lowest BCUT2D eigenvalue weighted by Crippen LogP contribution is -2.33. The van der Waals surface area contributed by atoms with E-state index in [2.05, 4.69) is 11.1 Å². The normalized spacial score (nSPS) is 18.4. The summed E-state index contributed by atoms with van der Waals surface area (Å²) < 4.78 is 26.2. The summed E-state index contributed by atoms with van der Waals surface area (Å²) in [6.07, 6.45) is 4.44. The zero-order valence-electron chi connectivity index (χ0n) is 17.1. The van der Waals surface area contributed by atoms with Crippen LogP contribution in [0.3, 0.4) is 0 Å². The lowest BCUT2D eigenvalue weighted by molar-refractivity contribution is 0.100. The molecule has 1 fully saturated rings. The molecule has 0 spiro atoms. The van der Waals surface area contributed by atoms with Gasteiger partial charge in [-0.3, -0.25) is 4.79 Å². The molecule has 1 aliphatic heterocycles. The molecule has 4 rings (SSSR count). The number of nitrogens with zero attached hydrogens (tertiary/aromatic N) is 1.